The maximum Gasteiger partial charge on any atom is 0.254 e. The lowest BCUT2D eigenvalue weighted by Crippen LogP contribution is -2.29. The van der Waals surface area contributed by atoms with Crippen molar-refractivity contribution in [3.8, 4) is 0 Å². The summed E-state index contributed by atoms with van der Waals surface area (Å²) in [5.74, 6) is -0.0354. The van der Waals surface area contributed by atoms with E-state index in [1.54, 1.807) is 34.4 Å². The lowest BCUT2D eigenvalue weighted by molar-refractivity contribution is 0.0745. The highest BCUT2D eigenvalue weighted by Crippen LogP contribution is 2.28. The molecule has 2 nitrogen and oxygen atoms in total. The molecule has 1 aromatic heterocycles. The van der Waals surface area contributed by atoms with E-state index in [2.05, 4.69) is 35.0 Å². The van der Waals surface area contributed by atoms with Crippen molar-refractivity contribution in [3.63, 3.8) is 0 Å². The van der Waals surface area contributed by atoms with E-state index < -0.39 is 0 Å². The van der Waals surface area contributed by atoms with Crippen molar-refractivity contribution < 1.29 is 4.79 Å². The molecular weight excluding hydrogens is 358 g/mol. The van der Waals surface area contributed by atoms with Crippen molar-refractivity contribution in [1.29, 1.82) is 0 Å². The van der Waals surface area contributed by atoms with Gasteiger partial charge >= 0.3 is 0 Å². The first kappa shape index (κ1) is 15.5. The maximum atomic E-state index is 12.5. The Balaban J connectivity index is 2.23. The molecule has 1 unspecified atom stereocenters. The molecule has 0 fully saturated rings. The quantitative estimate of drug-likeness (QED) is 0.715. The molecule has 0 spiro atoms. The fourth-order valence-corrected chi connectivity index (χ4v) is 3.76. The van der Waals surface area contributed by atoms with Crippen LogP contribution in [0.5, 0.6) is 0 Å². The van der Waals surface area contributed by atoms with Crippen molar-refractivity contribution >= 4 is 44.8 Å². The molecule has 0 bridgehead atoms. The molecule has 0 radical (unpaired) electrons. The number of hydrogen-bond donors (Lipinski definition) is 0. The van der Waals surface area contributed by atoms with E-state index in [1.807, 2.05) is 14.0 Å². The molecular formula is C15H15BrClNOS. The van der Waals surface area contributed by atoms with Crippen LogP contribution >= 0.6 is 38.9 Å². The molecule has 2 aromatic rings. The molecule has 106 valence electrons. The van der Waals surface area contributed by atoms with Gasteiger partial charge in [0.2, 0.25) is 0 Å². The number of hydrogen-bond acceptors (Lipinski definition) is 2. The summed E-state index contributed by atoms with van der Waals surface area (Å²) >= 11 is 11.1. The van der Waals surface area contributed by atoms with Gasteiger partial charge in [0.15, 0.2) is 0 Å². The summed E-state index contributed by atoms with van der Waals surface area (Å²) in [4.78, 5) is 16.7. The van der Waals surface area contributed by atoms with Gasteiger partial charge in [-0.3, -0.25) is 4.79 Å². The van der Waals surface area contributed by atoms with E-state index >= 15 is 0 Å². The van der Waals surface area contributed by atoms with E-state index in [0.29, 0.717) is 10.6 Å². The Kier molecular flexibility index (Phi) is 4.89. The van der Waals surface area contributed by atoms with Crippen LogP contribution in [0.25, 0.3) is 0 Å². The summed E-state index contributed by atoms with van der Waals surface area (Å²) in [5.41, 5.74) is 0.590. The van der Waals surface area contributed by atoms with E-state index in [1.165, 1.54) is 9.75 Å². The van der Waals surface area contributed by atoms with E-state index in [9.17, 15) is 4.79 Å². The molecule has 0 saturated carbocycles. The number of nitrogens with zero attached hydrogens (tertiary/aromatic N) is 1. The largest absolute Gasteiger partial charge is 0.334 e. The van der Waals surface area contributed by atoms with Crippen molar-refractivity contribution in [2.45, 2.75) is 19.9 Å². The number of benzene rings is 1. The van der Waals surface area contributed by atoms with Gasteiger partial charge in [-0.1, -0.05) is 27.5 Å². The SMILES string of the molecule is Cc1ccc(C(C)N(C)C(=O)c2cc(Cl)cc(Br)c2)s1. The number of rotatable bonds is 3. The second-order valence-electron chi connectivity index (χ2n) is 4.70. The third-order valence-electron chi connectivity index (χ3n) is 3.18. The zero-order valence-electron chi connectivity index (χ0n) is 11.5. The lowest BCUT2D eigenvalue weighted by Gasteiger charge is -2.24. The van der Waals surface area contributed by atoms with Crippen molar-refractivity contribution in [2.24, 2.45) is 0 Å². The summed E-state index contributed by atoms with van der Waals surface area (Å²) in [7, 11) is 1.82. The molecule has 0 aliphatic rings. The zero-order valence-corrected chi connectivity index (χ0v) is 14.6. The number of thiophene rings is 1. The van der Waals surface area contributed by atoms with Crippen molar-refractivity contribution in [1.82, 2.24) is 4.90 Å². The smallest absolute Gasteiger partial charge is 0.254 e. The molecule has 0 saturated heterocycles. The van der Waals surface area contributed by atoms with Gasteiger partial charge in [0.1, 0.15) is 0 Å². The monoisotopic (exact) mass is 371 g/mol. The van der Waals surface area contributed by atoms with E-state index in [0.717, 1.165) is 4.47 Å². The number of carbonyl (C=O) groups is 1. The molecule has 0 N–H and O–H groups in total. The average Bonchev–Trinajstić information content (AvgIpc) is 2.81. The van der Waals surface area contributed by atoms with Crippen LogP contribution in [0.2, 0.25) is 5.02 Å². The fourth-order valence-electron chi connectivity index (χ4n) is 1.93. The molecule has 2 rings (SSSR count). The van der Waals surface area contributed by atoms with Crippen LogP contribution in [-0.4, -0.2) is 17.9 Å². The standard InChI is InChI=1S/C15H15BrClNOS/c1-9-4-5-14(20-9)10(2)18(3)15(19)11-6-12(16)8-13(17)7-11/h4-8,10H,1-3H3. The predicted molar refractivity (Wildman–Crippen MR) is 88.7 cm³/mol. The Morgan fingerprint density at radius 1 is 1.35 bits per heavy atom. The number of amides is 1. The second kappa shape index (κ2) is 6.29. The van der Waals surface area contributed by atoms with Gasteiger partial charge in [0, 0.05) is 31.9 Å². The lowest BCUT2D eigenvalue weighted by atomic mass is 10.1. The first-order valence-electron chi connectivity index (χ1n) is 6.18. The number of aryl methyl sites for hydroxylation is 1. The van der Waals surface area contributed by atoms with Gasteiger partial charge in [0.05, 0.1) is 6.04 Å². The van der Waals surface area contributed by atoms with Gasteiger partial charge in [-0.15, -0.1) is 11.3 Å². The number of halogens is 2. The van der Waals surface area contributed by atoms with E-state index in [4.69, 9.17) is 11.6 Å². The minimum atomic E-state index is -0.0354. The fraction of sp³-hybridized carbons (Fsp3) is 0.267. The molecule has 20 heavy (non-hydrogen) atoms. The van der Waals surface area contributed by atoms with Gasteiger partial charge in [0.25, 0.3) is 5.91 Å². The summed E-state index contributed by atoms with van der Waals surface area (Å²) in [6.07, 6.45) is 0. The molecule has 0 aliphatic heterocycles. The third-order valence-corrected chi connectivity index (χ3v) is 5.03. The highest BCUT2D eigenvalue weighted by Gasteiger charge is 2.20. The van der Waals surface area contributed by atoms with Crippen molar-refractivity contribution in [3.05, 3.63) is 55.1 Å². The van der Waals surface area contributed by atoms with Gasteiger partial charge < -0.3 is 4.90 Å². The molecule has 1 amide bonds. The summed E-state index contributed by atoms with van der Waals surface area (Å²) in [6.45, 7) is 4.10. The Morgan fingerprint density at radius 2 is 2.05 bits per heavy atom. The third kappa shape index (κ3) is 3.43. The Hall–Kier alpha value is -0.840. The molecule has 1 heterocycles. The van der Waals surface area contributed by atoms with Crippen LogP contribution in [0.15, 0.2) is 34.8 Å². The molecule has 1 aromatic carbocycles. The van der Waals surface area contributed by atoms with Crippen molar-refractivity contribution in [2.75, 3.05) is 7.05 Å². The number of carbonyl (C=O) groups excluding carboxylic acids is 1. The highest BCUT2D eigenvalue weighted by atomic mass is 79.9. The second-order valence-corrected chi connectivity index (χ2v) is 7.37. The van der Waals surface area contributed by atoms with Crippen LogP contribution < -0.4 is 0 Å². The maximum absolute atomic E-state index is 12.5. The first-order valence-corrected chi connectivity index (χ1v) is 8.17. The Labute approximate surface area is 136 Å². The van der Waals surface area contributed by atoms with Gasteiger partial charge in [-0.25, -0.2) is 0 Å². The minimum absolute atomic E-state index is 0.0354. The van der Waals surface area contributed by atoms with Crippen LogP contribution in [0.1, 0.15) is 33.1 Å². The summed E-state index contributed by atoms with van der Waals surface area (Å²) in [6, 6.07) is 9.44. The average molecular weight is 373 g/mol. The van der Waals surface area contributed by atoms with Gasteiger partial charge in [-0.05, 0) is 44.2 Å². The minimum Gasteiger partial charge on any atom is -0.334 e. The summed E-state index contributed by atoms with van der Waals surface area (Å²) < 4.78 is 0.807. The molecule has 1 atom stereocenters. The van der Waals surface area contributed by atoms with Crippen LogP contribution in [0, 0.1) is 6.92 Å². The molecule has 5 heteroatoms. The topological polar surface area (TPSA) is 20.3 Å². The first-order chi connectivity index (χ1) is 9.38. The Bertz CT molecular complexity index is 620. The van der Waals surface area contributed by atoms with Crippen LogP contribution in [-0.2, 0) is 0 Å². The van der Waals surface area contributed by atoms with Crippen LogP contribution in [0.3, 0.4) is 0 Å². The van der Waals surface area contributed by atoms with Gasteiger partial charge in [-0.2, -0.15) is 0 Å². The highest BCUT2D eigenvalue weighted by molar-refractivity contribution is 9.10. The summed E-state index contributed by atoms with van der Waals surface area (Å²) in [5, 5.41) is 0.552. The Morgan fingerprint density at radius 3 is 2.60 bits per heavy atom. The van der Waals surface area contributed by atoms with Crippen LogP contribution in [0.4, 0.5) is 0 Å². The molecule has 0 aliphatic carbocycles. The predicted octanol–water partition coefficient (Wildman–Crippen LogP) is 5.31. The zero-order chi connectivity index (χ0) is 14.9. The van der Waals surface area contributed by atoms with E-state index in [-0.39, 0.29) is 11.9 Å². The normalized spacial score (nSPS) is 12.2.